The highest BCUT2D eigenvalue weighted by atomic mass is 16.7. The molecule has 0 bridgehead atoms. The molecule has 5 heteroatoms. The van der Waals surface area contributed by atoms with Gasteiger partial charge in [-0.1, -0.05) is 0 Å². The summed E-state index contributed by atoms with van der Waals surface area (Å²) >= 11 is 0. The van der Waals surface area contributed by atoms with Crippen LogP contribution in [0.2, 0.25) is 0 Å². The molecule has 0 aromatic rings. The summed E-state index contributed by atoms with van der Waals surface area (Å²) in [6.45, 7) is 2.03. The lowest BCUT2D eigenvalue weighted by Crippen LogP contribution is -2.16. The van der Waals surface area contributed by atoms with E-state index in [9.17, 15) is 0 Å². The Morgan fingerprint density at radius 1 is 0.929 bits per heavy atom. The summed E-state index contributed by atoms with van der Waals surface area (Å²) in [5.74, 6) is 0. The van der Waals surface area contributed by atoms with E-state index in [1.807, 2.05) is 0 Å². The van der Waals surface area contributed by atoms with E-state index in [1.165, 1.54) is 0 Å². The predicted molar refractivity (Wildman–Crippen MR) is 51.1 cm³/mol. The molecular formula is C9H20O5. The second-order valence-electron chi connectivity index (χ2n) is 2.64. The molecule has 1 N–H and O–H groups in total. The first kappa shape index (κ1) is 13.8. The highest BCUT2D eigenvalue weighted by Crippen LogP contribution is 1.97. The Balaban J connectivity index is 3.04. The smallest absolute Gasteiger partial charge is 0.159 e. The fourth-order valence-electron chi connectivity index (χ4n) is 0.898. The summed E-state index contributed by atoms with van der Waals surface area (Å²) in [4.78, 5) is 0. The van der Waals surface area contributed by atoms with Crippen LogP contribution < -0.4 is 0 Å². The number of aliphatic hydroxyl groups is 1. The van der Waals surface area contributed by atoms with Gasteiger partial charge in [0.25, 0.3) is 0 Å². The second kappa shape index (κ2) is 10.9. The summed E-state index contributed by atoms with van der Waals surface area (Å²) < 4.78 is 20.2. The van der Waals surface area contributed by atoms with Gasteiger partial charge in [0.2, 0.25) is 0 Å². The van der Waals surface area contributed by atoms with E-state index in [4.69, 9.17) is 24.1 Å². The molecule has 0 unspecified atom stereocenters. The SMILES string of the molecule is COC(CCOCCOCCO)OC. The summed E-state index contributed by atoms with van der Waals surface area (Å²) in [5, 5.41) is 8.41. The molecule has 0 rings (SSSR count). The van der Waals surface area contributed by atoms with Crippen molar-refractivity contribution in [2.75, 3.05) is 47.3 Å². The van der Waals surface area contributed by atoms with E-state index in [2.05, 4.69) is 0 Å². The molecule has 0 fully saturated rings. The third-order valence-corrected chi connectivity index (χ3v) is 1.63. The molecule has 14 heavy (non-hydrogen) atoms. The monoisotopic (exact) mass is 208 g/mol. The normalized spacial score (nSPS) is 11.1. The average Bonchev–Trinajstić information content (AvgIpc) is 2.22. The molecule has 0 amide bonds. The van der Waals surface area contributed by atoms with E-state index in [0.717, 1.165) is 0 Å². The quantitative estimate of drug-likeness (QED) is 0.405. The molecule has 0 radical (unpaired) electrons. The van der Waals surface area contributed by atoms with Crippen LogP contribution in [0.15, 0.2) is 0 Å². The molecule has 0 aromatic carbocycles. The zero-order valence-electron chi connectivity index (χ0n) is 8.90. The highest BCUT2D eigenvalue weighted by molar-refractivity contribution is 4.42. The van der Waals surface area contributed by atoms with Crippen molar-refractivity contribution in [2.45, 2.75) is 12.7 Å². The van der Waals surface area contributed by atoms with Crippen molar-refractivity contribution >= 4 is 0 Å². The fourth-order valence-corrected chi connectivity index (χ4v) is 0.898. The zero-order valence-corrected chi connectivity index (χ0v) is 8.90. The van der Waals surface area contributed by atoms with Gasteiger partial charge in [-0.3, -0.25) is 0 Å². The van der Waals surface area contributed by atoms with Crippen LogP contribution in [0.1, 0.15) is 6.42 Å². The lowest BCUT2D eigenvalue weighted by molar-refractivity contribution is -0.116. The lowest BCUT2D eigenvalue weighted by Gasteiger charge is -2.12. The maximum atomic E-state index is 8.41. The minimum Gasteiger partial charge on any atom is -0.394 e. The molecule has 0 atom stereocenters. The Hall–Kier alpha value is -0.200. The Kier molecular flexibility index (Phi) is 10.7. The van der Waals surface area contributed by atoms with Crippen molar-refractivity contribution < 1.29 is 24.1 Å². The first-order valence-electron chi connectivity index (χ1n) is 4.67. The predicted octanol–water partition coefficient (Wildman–Crippen LogP) is 0.0209. The number of hydrogen-bond acceptors (Lipinski definition) is 5. The highest BCUT2D eigenvalue weighted by Gasteiger charge is 2.03. The Morgan fingerprint density at radius 2 is 1.50 bits per heavy atom. The first-order chi connectivity index (χ1) is 6.85. The molecular weight excluding hydrogens is 188 g/mol. The van der Waals surface area contributed by atoms with Crippen LogP contribution in [0.3, 0.4) is 0 Å². The second-order valence-corrected chi connectivity index (χ2v) is 2.64. The first-order valence-corrected chi connectivity index (χ1v) is 4.67. The van der Waals surface area contributed by atoms with Gasteiger partial charge in [-0.25, -0.2) is 0 Å². The largest absolute Gasteiger partial charge is 0.394 e. The van der Waals surface area contributed by atoms with Crippen molar-refractivity contribution in [1.82, 2.24) is 0 Å². The van der Waals surface area contributed by atoms with Crippen LogP contribution in [-0.4, -0.2) is 58.7 Å². The van der Waals surface area contributed by atoms with Gasteiger partial charge in [-0.15, -0.1) is 0 Å². The third-order valence-electron chi connectivity index (χ3n) is 1.63. The maximum Gasteiger partial charge on any atom is 0.159 e. The van der Waals surface area contributed by atoms with Crippen LogP contribution >= 0.6 is 0 Å². The Bertz CT molecular complexity index is 105. The average molecular weight is 208 g/mol. The minimum absolute atomic E-state index is 0.0510. The molecule has 0 heterocycles. The Morgan fingerprint density at radius 3 is 2.00 bits per heavy atom. The van der Waals surface area contributed by atoms with Crippen molar-refractivity contribution in [2.24, 2.45) is 0 Å². The van der Waals surface area contributed by atoms with Crippen molar-refractivity contribution in [3.63, 3.8) is 0 Å². The summed E-state index contributed by atoms with van der Waals surface area (Å²) in [5.41, 5.74) is 0. The molecule has 0 aliphatic rings. The molecule has 0 aliphatic carbocycles. The van der Waals surface area contributed by atoms with Gasteiger partial charge >= 0.3 is 0 Å². The van der Waals surface area contributed by atoms with E-state index >= 15 is 0 Å². The van der Waals surface area contributed by atoms with Gasteiger partial charge in [0.1, 0.15) is 0 Å². The van der Waals surface area contributed by atoms with E-state index in [-0.39, 0.29) is 12.9 Å². The molecule has 0 aliphatic heterocycles. The van der Waals surface area contributed by atoms with E-state index < -0.39 is 0 Å². The third kappa shape index (κ3) is 8.40. The summed E-state index contributed by atoms with van der Waals surface area (Å²) in [6, 6.07) is 0. The lowest BCUT2D eigenvalue weighted by atomic mass is 10.4. The van der Waals surface area contributed by atoms with Gasteiger partial charge in [0.05, 0.1) is 33.0 Å². The minimum atomic E-state index is -0.201. The molecule has 0 saturated carbocycles. The zero-order chi connectivity index (χ0) is 10.6. The topological polar surface area (TPSA) is 57.2 Å². The number of hydrogen-bond donors (Lipinski definition) is 1. The van der Waals surface area contributed by atoms with Crippen LogP contribution in [0.5, 0.6) is 0 Å². The standard InChI is InChI=1S/C9H20O5/c1-11-9(12-2)3-5-13-7-8-14-6-4-10/h9-10H,3-8H2,1-2H3. The van der Waals surface area contributed by atoms with E-state index in [1.54, 1.807) is 14.2 Å². The van der Waals surface area contributed by atoms with Gasteiger partial charge in [0.15, 0.2) is 6.29 Å². The maximum absolute atomic E-state index is 8.41. The van der Waals surface area contributed by atoms with Crippen molar-refractivity contribution in [3.05, 3.63) is 0 Å². The fraction of sp³-hybridized carbons (Fsp3) is 1.00. The molecule has 0 aromatic heterocycles. The van der Waals surface area contributed by atoms with E-state index in [0.29, 0.717) is 32.8 Å². The Labute approximate surface area is 84.9 Å². The summed E-state index contributed by atoms with van der Waals surface area (Å²) in [6.07, 6.45) is 0.501. The van der Waals surface area contributed by atoms with Gasteiger partial charge in [-0.05, 0) is 0 Å². The number of aliphatic hydroxyl groups excluding tert-OH is 1. The van der Waals surface area contributed by atoms with Gasteiger partial charge < -0.3 is 24.1 Å². The molecule has 0 saturated heterocycles. The number of ether oxygens (including phenoxy) is 4. The van der Waals surface area contributed by atoms with Crippen LogP contribution in [0.4, 0.5) is 0 Å². The van der Waals surface area contributed by atoms with Crippen LogP contribution in [0, 0.1) is 0 Å². The molecule has 86 valence electrons. The van der Waals surface area contributed by atoms with Gasteiger partial charge in [-0.2, -0.15) is 0 Å². The number of methoxy groups -OCH3 is 2. The number of rotatable bonds is 10. The van der Waals surface area contributed by atoms with Crippen LogP contribution in [0.25, 0.3) is 0 Å². The molecule has 0 spiro atoms. The molecule has 5 nitrogen and oxygen atoms in total. The van der Waals surface area contributed by atoms with Crippen LogP contribution in [-0.2, 0) is 18.9 Å². The summed E-state index contributed by atoms with van der Waals surface area (Å²) in [7, 11) is 3.19. The van der Waals surface area contributed by atoms with Crippen molar-refractivity contribution in [1.29, 1.82) is 0 Å². The van der Waals surface area contributed by atoms with Crippen molar-refractivity contribution in [3.8, 4) is 0 Å². The van der Waals surface area contributed by atoms with Gasteiger partial charge in [0, 0.05) is 20.6 Å².